The maximum atomic E-state index is 12.3. The van der Waals surface area contributed by atoms with Crippen molar-refractivity contribution in [2.24, 2.45) is 0 Å². The molecule has 0 saturated heterocycles. The second-order valence-corrected chi connectivity index (χ2v) is 4.83. The average molecular weight is 331 g/mol. The number of hydrogen-bond donors (Lipinski definition) is 1. The Kier molecular flexibility index (Phi) is 4.73. The number of benzene rings is 2. The fourth-order valence-corrected chi connectivity index (χ4v) is 2.18. The minimum Gasteiger partial charge on any atom is -0.485 e. The van der Waals surface area contributed by atoms with Gasteiger partial charge in [-0.1, -0.05) is 18.2 Å². The summed E-state index contributed by atoms with van der Waals surface area (Å²) in [6, 6.07) is 8.77. The van der Waals surface area contributed by atoms with Gasteiger partial charge in [-0.2, -0.15) is 0 Å². The van der Waals surface area contributed by atoms with Crippen LogP contribution >= 0.6 is 0 Å². The summed E-state index contributed by atoms with van der Waals surface area (Å²) in [5.41, 5.74) is -0.216. The molecular weight excluding hydrogens is 318 g/mol. The SMILES string of the molecule is COc1c([N+](=O)[O-])cc(NC(=O)c2ccccc2C)cc1[N+](=O)[O-]. The number of anilines is 1. The van der Waals surface area contributed by atoms with Crippen molar-refractivity contribution >= 4 is 23.0 Å². The van der Waals surface area contributed by atoms with E-state index in [9.17, 15) is 25.0 Å². The monoisotopic (exact) mass is 331 g/mol. The summed E-state index contributed by atoms with van der Waals surface area (Å²) in [5, 5.41) is 24.7. The molecule has 9 nitrogen and oxygen atoms in total. The quantitative estimate of drug-likeness (QED) is 0.663. The fourth-order valence-electron chi connectivity index (χ4n) is 2.18. The number of amides is 1. The number of nitro groups is 2. The number of carbonyl (C=O) groups excluding carboxylic acids is 1. The van der Waals surface area contributed by atoms with Crippen LogP contribution < -0.4 is 10.1 Å². The summed E-state index contributed by atoms with van der Waals surface area (Å²) < 4.78 is 4.77. The molecule has 2 aromatic carbocycles. The Bertz CT molecular complexity index is 799. The molecule has 0 aliphatic rings. The van der Waals surface area contributed by atoms with Crippen molar-refractivity contribution < 1.29 is 19.4 Å². The largest absolute Gasteiger partial charge is 0.485 e. The summed E-state index contributed by atoms with van der Waals surface area (Å²) in [5.74, 6) is -0.999. The standard InChI is InChI=1S/C15H13N3O6/c1-9-5-3-4-6-11(9)15(19)16-10-7-12(17(20)21)14(24-2)13(8-10)18(22)23/h3-8H,1-2H3,(H,16,19). The number of nitrogens with one attached hydrogen (secondary N) is 1. The van der Waals surface area contributed by atoms with E-state index in [4.69, 9.17) is 4.74 Å². The second-order valence-electron chi connectivity index (χ2n) is 4.83. The zero-order chi connectivity index (χ0) is 17.9. The molecule has 0 heterocycles. The van der Waals surface area contributed by atoms with Crippen LogP contribution in [0.15, 0.2) is 36.4 Å². The number of ether oxygens (including phenoxy) is 1. The molecular formula is C15H13N3O6. The van der Waals surface area contributed by atoms with E-state index < -0.39 is 32.9 Å². The van der Waals surface area contributed by atoms with E-state index in [1.54, 1.807) is 31.2 Å². The Morgan fingerprint density at radius 1 is 1.08 bits per heavy atom. The van der Waals surface area contributed by atoms with Gasteiger partial charge in [0.1, 0.15) is 0 Å². The molecule has 0 bridgehead atoms. The van der Waals surface area contributed by atoms with Crippen molar-refractivity contribution in [1.82, 2.24) is 0 Å². The number of methoxy groups -OCH3 is 1. The van der Waals surface area contributed by atoms with Gasteiger partial charge in [0.25, 0.3) is 11.7 Å². The molecule has 0 radical (unpaired) electrons. The zero-order valence-electron chi connectivity index (χ0n) is 12.8. The summed E-state index contributed by atoms with van der Waals surface area (Å²) in [7, 11) is 1.10. The van der Waals surface area contributed by atoms with Crippen molar-refractivity contribution in [3.05, 3.63) is 67.8 Å². The van der Waals surface area contributed by atoms with Gasteiger partial charge in [0.05, 0.1) is 22.6 Å². The van der Waals surface area contributed by atoms with Crippen molar-refractivity contribution in [2.75, 3.05) is 12.4 Å². The highest BCUT2D eigenvalue weighted by Crippen LogP contribution is 2.39. The van der Waals surface area contributed by atoms with Crippen LogP contribution in [0, 0.1) is 27.2 Å². The van der Waals surface area contributed by atoms with Crippen molar-refractivity contribution in [1.29, 1.82) is 0 Å². The maximum absolute atomic E-state index is 12.3. The van der Waals surface area contributed by atoms with Crippen LogP contribution in [0.25, 0.3) is 0 Å². The van der Waals surface area contributed by atoms with E-state index in [1.165, 1.54) is 0 Å². The van der Waals surface area contributed by atoms with Crippen molar-refractivity contribution in [3.8, 4) is 5.75 Å². The van der Waals surface area contributed by atoms with Gasteiger partial charge < -0.3 is 10.1 Å². The van der Waals surface area contributed by atoms with Crippen molar-refractivity contribution in [2.45, 2.75) is 6.92 Å². The topological polar surface area (TPSA) is 125 Å². The van der Waals surface area contributed by atoms with E-state index in [1.807, 2.05) is 0 Å². The van der Waals surface area contributed by atoms with E-state index in [-0.39, 0.29) is 5.69 Å². The summed E-state index contributed by atoms with van der Waals surface area (Å²) in [4.78, 5) is 32.9. The van der Waals surface area contributed by atoms with Gasteiger partial charge in [-0.05, 0) is 18.6 Å². The van der Waals surface area contributed by atoms with Crippen LogP contribution in [0.5, 0.6) is 5.75 Å². The summed E-state index contributed by atoms with van der Waals surface area (Å²) in [6.45, 7) is 1.73. The van der Waals surface area contributed by atoms with Gasteiger partial charge in [0.2, 0.25) is 0 Å². The van der Waals surface area contributed by atoms with E-state index in [0.717, 1.165) is 19.2 Å². The Balaban J connectivity index is 2.48. The molecule has 2 aromatic rings. The third-order valence-electron chi connectivity index (χ3n) is 3.29. The third-order valence-corrected chi connectivity index (χ3v) is 3.29. The Labute approximate surface area is 136 Å². The molecule has 0 saturated carbocycles. The van der Waals surface area contributed by atoms with Gasteiger partial charge in [0, 0.05) is 17.7 Å². The zero-order valence-corrected chi connectivity index (χ0v) is 12.8. The highest BCUT2D eigenvalue weighted by atomic mass is 16.6. The van der Waals surface area contributed by atoms with Crippen LogP contribution in [0.1, 0.15) is 15.9 Å². The van der Waals surface area contributed by atoms with Gasteiger partial charge in [0.15, 0.2) is 0 Å². The lowest BCUT2D eigenvalue weighted by atomic mass is 10.1. The number of nitro benzene ring substituents is 2. The van der Waals surface area contributed by atoms with Crippen molar-refractivity contribution in [3.63, 3.8) is 0 Å². The first-order valence-corrected chi connectivity index (χ1v) is 6.73. The lowest BCUT2D eigenvalue weighted by molar-refractivity contribution is -0.395. The van der Waals surface area contributed by atoms with E-state index >= 15 is 0 Å². The predicted octanol–water partition coefficient (Wildman–Crippen LogP) is 3.07. The molecule has 0 fully saturated rings. The molecule has 124 valence electrons. The van der Waals surface area contributed by atoms with Crippen LogP contribution in [-0.2, 0) is 0 Å². The summed E-state index contributed by atoms with van der Waals surface area (Å²) >= 11 is 0. The Morgan fingerprint density at radius 2 is 1.62 bits per heavy atom. The molecule has 2 rings (SSSR count). The van der Waals surface area contributed by atoms with Crippen LogP contribution in [0.4, 0.5) is 17.1 Å². The number of hydrogen-bond acceptors (Lipinski definition) is 6. The predicted molar refractivity (Wildman–Crippen MR) is 85.4 cm³/mol. The maximum Gasteiger partial charge on any atom is 0.320 e. The van der Waals surface area contributed by atoms with Crippen LogP contribution in [-0.4, -0.2) is 22.9 Å². The smallest absolute Gasteiger partial charge is 0.320 e. The molecule has 0 spiro atoms. The van der Waals surface area contributed by atoms with Gasteiger partial charge in [-0.15, -0.1) is 0 Å². The first kappa shape index (κ1) is 16.9. The Morgan fingerprint density at radius 3 is 2.08 bits per heavy atom. The molecule has 0 aliphatic heterocycles. The molecule has 1 amide bonds. The number of nitrogens with zero attached hydrogens (tertiary/aromatic N) is 2. The molecule has 0 atom stereocenters. The minimum atomic E-state index is -0.810. The summed E-state index contributed by atoms with van der Waals surface area (Å²) in [6.07, 6.45) is 0. The lowest BCUT2D eigenvalue weighted by Gasteiger charge is -2.09. The number of carbonyl (C=O) groups is 1. The minimum absolute atomic E-state index is 0.0672. The molecule has 9 heteroatoms. The highest BCUT2D eigenvalue weighted by Gasteiger charge is 2.28. The molecule has 0 unspecified atom stereocenters. The van der Waals surface area contributed by atoms with Crippen LogP contribution in [0.3, 0.4) is 0 Å². The Hall–Kier alpha value is -3.49. The molecule has 24 heavy (non-hydrogen) atoms. The van der Waals surface area contributed by atoms with Crippen LogP contribution in [0.2, 0.25) is 0 Å². The fraction of sp³-hybridized carbons (Fsp3) is 0.133. The second kappa shape index (κ2) is 6.73. The average Bonchev–Trinajstić information content (AvgIpc) is 2.54. The number of rotatable bonds is 5. The molecule has 0 aromatic heterocycles. The first-order valence-electron chi connectivity index (χ1n) is 6.73. The van der Waals surface area contributed by atoms with Gasteiger partial charge in [-0.3, -0.25) is 25.0 Å². The molecule has 0 aliphatic carbocycles. The lowest BCUT2D eigenvalue weighted by Crippen LogP contribution is -2.14. The van der Waals surface area contributed by atoms with E-state index in [0.29, 0.717) is 11.1 Å². The normalized spacial score (nSPS) is 10.1. The first-order chi connectivity index (χ1) is 11.3. The highest BCUT2D eigenvalue weighted by molar-refractivity contribution is 6.05. The van der Waals surface area contributed by atoms with Gasteiger partial charge >= 0.3 is 11.4 Å². The third kappa shape index (κ3) is 3.29. The van der Waals surface area contributed by atoms with E-state index in [2.05, 4.69) is 5.32 Å². The molecule has 1 N–H and O–H groups in total. The van der Waals surface area contributed by atoms with Gasteiger partial charge in [-0.25, -0.2) is 0 Å². The number of aryl methyl sites for hydroxylation is 1.